The summed E-state index contributed by atoms with van der Waals surface area (Å²) in [5, 5.41) is 2.99. The van der Waals surface area contributed by atoms with Crippen LogP contribution in [0.2, 0.25) is 0 Å². The van der Waals surface area contributed by atoms with Gasteiger partial charge in [0.15, 0.2) is 16.3 Å². The van der Waals surface area contributed by atoms with E-state index in [2.05, 4.69) is 34.4 Å². The Kier molecular flexibility index (Phi) is 8.60. The summed E-state index contributed by atoms with van der Waals surface area (Å²) in [5.41, 5.74) is 5.12. The summed E-state index contributed by atoms with van der Waals surface area (Å²) in [5.74, 6) is 1.17. The number of likely N-dealkylation sites (N-methyl/N-ethyl adjacent to an activating group) is 1. The number of hydrogen-bond acceptors (Lipinski definition) is 6. The second-order valence-corrected chi connectivity index (χ2v) is 9.48. The largest absolute Gasteiger partial charge is 0.493 e. The fraction of sp³-hybridized carbons (Fsp3) is 0.172. The Hall–Kier alpha value is -3.95. The molecule has 0 radical (unpaired) electrons. The zero-order chi connectivity index (χ0) is 27.2. The number of amides is 1. The predicted octanol–water partition coefficient (Wildman–Crippen LogP) is 5.77. The zero-order valence-corrected chi connectivity index (χ0v) is 23.2. The molecule has 2 N–H and O–H groups in total. The first-order chi connectivity index (χ1) is 18.3. The molecule has 7 nitrogen and oxygen atoms in total. The first-order valence-corrected chi connectivity index (χ1v) is 12.8. The lowest BCUT2D eigenvalue weighted by Gasteiger charge is -2.22. The fourth-order valence-corrected chi connectivity index (χ4v) is 4.56. The topological polar surface area (TPSA) is 71.5 Å². The Bertz CT molecular complexity index is 1510. The van der Waals surface area contributed by atoms with E-state index in [1.54, 1.807) is 32.5 Å². The number of anilines is 1. The molecule has 1 amide bonds. The van der Waals surface area contributed by atoms with Crippen molar-refractivity contribution in [3.8, 4) is 17.2 Å². The summed E-state index contributed by atoms with van der Waals surface area (Å²) in [7, 11) is 5.20. The van der Waals surface area contributed by atoms with Gasteiger partial charge in [-0.15, -0.1) is 12.6 Å². The van der Waals surface area contributed by atoms with Crippen molar-refractivity contribution in [2.75, 3.05) is 39.3 Å². The maximum atomic E-state index is 12.7. The number of aromatic nitrogens is 2. The molecule has 0 unspecified atom stereocenters. The minimum absolute atomic E-state index is 0.129. The van der Waals surface area contributed by atoms with Crippen LogP contribution >= 0.6 is 24.8 Å². The number of rotatable bonds is 10. The lowest BCUT2D eigenvalue weighted by Crippen LogP contribution is -2.33. The number of hydrogen-bond donors (Lipinski definition) is 3. The van der Waals surface area contributed by atoms with Crippen molar-refractivity contribution in [1.82, 2.24) is 14.9 Å². The van der Waals surface area contributed by atoms with Gasteiger partial charge in [-0.25, -0.2) is 0 Å². The molecule has 4 aromatic rings. The second-order valence-electron chi connectivity index (χ2n) is 8.61. The van der Waals surface area contributed by atoms with Crippen molar-refractivity contribution in [2.45, 2.75) is 4.90 Å². The SMILES string of the molecule is C=C(c1ccc(OC)c(OC)c1)c1cc(N(C)CCNC(=O)c2ccc(-n3cc[nH]c3=S)cc2)ccc1S. The fourth-order valence-electron chi connectivity index (χ4n) is 4.05. The number of aromatic amines is 1. The van der Waals surface area contributed by atoms with Crippen molar-refractivity contribution in [3.05, 3.63) is 101 Å². The smallest absolute Gasteiger partial charge is 0.251 e. The van der Waals surface area contributed by atoms with Gasteiger partial charge in [0.05, 0.1) is 14.2 Å². The van der Waals surface area contributed by atoms with Crippen LogP contribution in [0.5, 0.6) is 11.5 Å². The third-order valence-electron chi connectivity index (χ3n) is 6.27. The molecular formula is C29H30N4O3S2. The molecule has 0 aliphatic rings. The number of nitrogens with zero attached hydrogens (tertiary/aromatic N) is 2. The van der Waals surface area contributed by atoms with E-state index in [-0.39, 0.29) is 5.91 Å². The molecule has 196 valence electrons. The van der Waals surface area contributed by atoms with Gasteiger partial charge in [-0.05, 0) is 83.5 Å². The van der Waals surface area contributed by atoms with E-state index in [4.69, 9.17) is 21.7 Å². The molecule has 0 fully saturated rings. The summed E-state index contributed by atoms with van der Waals surface area (Å²) in [6.07, 6.45) is 3.63. The number of imidazole rings is 1. The highest BCUT2D eigenvalue weighted by Crippen LogP contribution is 2.35. The van der Waals surface area contributed by atoms with Crippen LogP contribution in [0.25, 0.3) is 11.3 Å². The van der Waals surface area contributed by atoms with Gasteiger partial charge in [0.25, 0.3) is 5.91 Å². The minimum atomic E-state index is -0.129. The molecule has 0 saturated carbocycles. The number of nitrogens with one attached hydrogen (secondary N) is 2. The molecule has 0 spiro atoms. The van der Waals surface area contributed by atoms with E-state index >= 15 is 0 Å². The number of carbonyl (C=O) groups is 1. The van der Waals surface area contributed by atoms with Crippen LogP contribution in [-0.2, 0) is 0 Å². The van der Waals surface area contributed by atoms with Gasteiger partial charge < -0.3 is 24.7 Å². The first kappa shape index (κ1) is 27.1. The Labute approximate surface area is 233 Å². The Balaban J connectivity index is 1.39. The van der Waals surface area contributed by atoms with Crippen LogP contribution in [0.4, 0.5) is 5.69 Å². The Morgan fingerprint density at radius 3 is 2.42 bits per heavy atom. The first-order valence-electron chi connectivity index (χ1n) is 11.9. The second kappa shape index (κ2) is 12.1. The van der Waals surface area contributed by atoms with Crippen molar-refractivity contribution in [2.24, 2.45) is 0 Å². The Morgan fingerprint density at radius 2 is 1.76 bits per heavy atom. The molecule has 0 aliphatic heterocycles. The number of thiol groups is 1. The van der Waals surface area contributed by atoms with E-state index in [1.165, 1.54) is 0 Å². The average Bonchev–Trinajstić information content (AvgIpc) is 3.38. The number of benzene rings is 3. The highest BCUT2D eigenvalue weighted by Gasteiger charge is 2.13. The third kappa shape index (κ3) is 5.95. The van der Waals surface area contributed by atoms with Crippen LogP contribution in [0.15, 0.2) is 84.5 Å². The molecule has 1 heterocycles. The summed E-state index contributed by atoms with van der Waals surface area (Å²) in [4.78, 5) is 18.5. The van der Waals surface area contributed by atoms with E-state index in [0.717, 1.165) is 33.0 Å². The molecule has 1 aromatic heterocycles. The van der Waals surface area contributed by atoms with E-state index in [0.29, 0.717) is 34.9 Å². The van der Waals surface area contributed by atoms with E-state index in [9.17, 15) is 4.79 Å². The normalized spacial score (nSPS) is 10.6. The minimum Gasteiger partial charge on any atom is -0.493 e. The van der Waals surface area contributed by atoms with Gasteiger partial charge in [0.1, 0.15) is 0 Å². The molecule has 0 atom stereocenters. The van der Waals surface area contributed by atoms with Gasteiger partial charge in [-0.2, -0.15) is 0 Å². The Morgan fingerprint density at radius 1 is 1.05 bits per heavy atom. The van der Waals surface area contributed by atoms with E-state index in [1.807, 2.05) is 66.3 Å². The van der Waals surface area contributed by atoms with Crippen LogP contribution in [0.1, 0.15) is 21.5 Å². The molecule has 0 aliphatic carbocycles. The van der Waals surface area contributed by atoms with Crippen LogP contribution in [-0.4, -0.2) is 49.8 Å². The quantitative estimate of drug-likeness (QED) is 0.174. The highest BCUT2D eigenvalue weighted by molar-refractivity contribution is 7.80. The van der Waals surface area contributed by atoms with Crippen LogP contribution in [0, 0.1) is 4.77 Å². The molecule has 4 rings (SSSR count). The summed E-state index contributed by atoms with van der Waals surface area (Å²) >= 11 is 9.91. The van der Waals surface area contributed by atoms with Gasteiger partial charge in [0.2, 0.25) is 0 Å². The number of H-pyrrole nitrogens is 1. The molecule has 0 bridgehead atoms. The van der Waals surface area contributed by atoms with Crippen molar-refractivity contribution < 1.29 is 14.3 Å². The van der Waals surface area contributed by atoms with Gasteiger partial charge in [0, 0.05) is 54.4 Å². The maximum absolute atomic E-state index is 12.7. The monoisotopic (exact) mass is 546 g/mol. The number of ether oxygens (including phenoxy) is 2. The standard InChI is InChI=1S/C29H30N4O3S2/c1-19(21-7-11-25(35-3)26(17-21)36-4)24-18-23(10-12-27(24)37)32(2)15-13-30-28(34)20-5-8-22(9-6-20)33-16-14-31-29(33)38/h5-12,14,16-18,37H,1,13,15H2,2-4H3,(H,30,34)(H,31,38). The molecular weight excluding hydrogens is 516 g/mol. The maximum Gasteiger partial charge on any atom is 0.251 e. The number of carbonyl (C=O) groups excluding carboxylic acids is 1. The van der Waals surface area contributed by atoms with Gasteiger partial charge in [-0.3, -0.25) is 9.36 Å². The average molecular weight is 547 g/mol. The van der Waals surface area contributed by atoms with Gasteiger partial charge >= 0.3 is 0 Å². The molecule has 0 saturated heterocycles. The summed E-state index contributed by atoms with van der Waals surface area (Å²) in [6.45, 7) is 5.41. The van der Waals surface area contributed by atoms with Crippen molar-refractivity contribution >= 4 is 42.0 Å². The lowest BCUT2D eigenvalue weighted by atomic mass is 9.98. The lowest BCUT2D eigenvalue weighted by molar-refractivity contribution is 0.0954. The van der Waals surface area contributed by atoms with Crippen LogP contribution in [0.3, 0.4) is 0 Å². The molecule has 9 heteroatoms. The number of methoxy groups -OCH3 is 2. The summed E-state index contributed by atoms with van der Waals surface area (Å²) in [6, 6.07) is 19.0. The third-order valence-corrected chi connectivity index (χ3v) is 6.97. The van der Waals surface area contributed by atoms with E-state index < -0.39 is 0 Å². The predicted molar refractivity (Wildman–Crippen MR) is 158 cm³/mol. The zero-order valence-electron chi connectivity index (χ0n) is 21.5. The van der Waals surface area contributed by atoms with Crippen LogP contribution < -0.4 is 19.7 Å². The molecule has 38 heavy (non-hydrogen) atoms. The molecule has 3 aromatic carbocycles. The van der Waals surface area contributed by atoms with Crippen molar-refractivity contribution in [1.29, 1.82) is 0 Å². The van der Waals surface area contributed by atoms with Crippen molar-refractivity contribution in [3.63, 3.8) is 0 Å². The highest BCUT2D eigenvalue weighted by atomic mass is 32.1. The summed E-state index contributed by atoms with van der Waals surface area (Å²) < 4.78 is 13.2. The van der Waals surface area contributed by atoms with Gasteiger partial charge in [-0.1, -0.05) is 12.6 Å².